The fourth-order valence-electron chi connectivity index (χ4n) is 2.46. The smallest absolute Gasteiger partial charge is 0.164 e. The number of piperidine rings is 1. The summed E-state index contributed by atoms with van der Waals surface area (Å²) in [6.07, 6.45) is 2.66. The molecule has 1 fully saturated rings. The van der Waals surface area contributed by atoms with E-state index >= 15 is 0 Å². The van der Waals surface area contributed by atoms with Gasteiger partial charge in [-0.2, -0.15) is 0 Å². The Kier molecular flexibility index (Phi) is 5.55. The Morgan fingerprint density at radius 2 is 2.11 bits per heavy atom. The highest BCUT2D eigenvalue weighted by molar-refractivity contribution is 9.10. The Balaban J connectivity index is 1.78. The maximum absolute atomic E-state index is 12.1. The van der Waals surface area contributed by atoms with E-state index in [1.807, 2.05) is 24.3 Å². The third-order valence-corrected chi connectivity index (χ3v) is 4.26. The van der Waals surface area contributed by atoms with Gasteiger partial charge >= 0.3 is 0 Å². The third kappa shape index (κ3) is 4.41. The van der Waals surface area contributed by atoms with Gasteiger partial charge in [0.1, 0.15) is 0 Å². The lowest BCUT2D eigenvalue weighted by Crippen LogP contribution is -2.36. The van der Waals surface area contributed by atoms with Gasteiger partial charge in [0.25, 0.3) is 0 Å². The molecule has 3 nitrogen and oxygen atoms in total. The SMILES string of the molecule is O=C(CCN1CCC(CO)CC1)c1cccc(Br)c1. The van der Waals surface area contributed by atoms with Crippen LogP contribution in [0.2, 0.25) is 0 Å². The van der Waals surface area contributed by atoms with Crippen molar-refractivity contribution in [2.45, 2.75) is 19.3 Å². The molecule has 1 heterocycles. The van der Waals surface area contributed by atoms with Crippen molar-refractivity contribution in [3.05, 3.63) is 34.3 Å². The van der Waals surface area contributed by atoms with E-state index in [2.05, 4.69) is 20.8 Å². The molecule has 0 saturated carbocycles. The number of rotatable bonds is 5. The van der Waals surface area contributed by atoms with Crippen LogP contribution in [0.3, 0.4) is 0 Å². The van der Waals surface area contributed by atoms with Crippen LogP contribution in [0.1, 0.15) is 29.6 Å². The molecule has 104 valence electrons. The Morgan fingerprint density at radius 3 is 2.74 bits per heavy atom. The lowest BCUT2D eigenvalue weighted by Gasteiger charge is -2.30. The summed E-state index contributed by atoms with van der Waals surface area (Å²) in [7, 11) is 0. The van der Waals surface area contributed by atoms with Crippen molar-refractivity contribution >= 4 is 21.7 Å². The summed E-state index contributed by atoms with van der Waals surface area (Å²) in [5.74, 6) is 0.655. The average molecular weight is 326 g/mol. The Labute approximate surface area is 122 Å². The van der Waals surface area contributed by atoms with E-state index in [4.69, 9.17) is 5.11 Å². The lowest BCUT2D eigenvalue weighted by atomic mass is 9.97. The summed E-state index contributed by atoms with van der Waals surface area (Å²) < 4.78 is 0.946. The van der Waals surface area contributed by atoms with Crippen molar-refractivity contribution in [3.8, 4) is 0 Å². The van der Waals surface area contributed by atoms with Gasteiger partial charge < -0.3 is 10.0 Å². The standard InChI is InChI=1S/C15H20BrNO2/c16-14-3-1-2-13(10-14)15(19)6-9-17-7-4-12(11-18)5-8-17/h1-3,10,12,18H,4-9,11H2. The van der Waals surface area contributed by atoms with Gasteiger partial charge in [0.15, 0.2) is 5.78 Å². The van der Waals surface area contributed by atoms with Crippen molar-refractivity contribution in [2.24, 2.45) is 5.92 Å². The van der Waals surface area contributed by atoms with E-state index in [9.17, 15) is 4.79 Å². The van der Waals surface area contributed by atoms with Crippen LogP contribution < -0.4 is 0 Å². The maximum atomic E-state index is 12.1. The summed E-state index contributed by atoms with van der Waals surface area (Å²) in [5, 5.41) is 9.09. The number of Topliss-reactive ketones (excluding diaryl/α,β-unsaturated/α-hetero) is 1. The van der Waals surface area contributed by atoms with E-state index in [1.54, 1.807) is 0 Å². The Hall–Kier alpha value is -0.710. The number of hydrogen-bond donors (Lipinski definition) is 1. The first-order valence-corrected chi connectivity index (χ1v) is 7.60. The van der Waals surface area contributed by atoms with E-state index in [-0.39, 0.29) is 5.78 Å². The molecule has 0 aromatic heterocycles. The van der Waals surface area contributed by atoms with Crippen molar-refractivity contribution in [1.29, 1.82) is 0 Å². The van der Waals surface area contributed by atoms with Gasteiger partial charge in [0.05, 0.1) is 0 Å². The predicted molar refractivity (Wildman–Crippen MR) is 79.3 cm³/mol. The molecule has 0 radical (unpaired) electrons. The molecular weight excluding hydrogens is 306 g/mol. The molecule has 1 N–H and O–H groups in total. The topological polar surface area (TPSA) is 40.5 Å². The van der Waals surface area contributed by atoms with Gasteiger partial charge in [0, 0.05) is 29.6 Å². The molecule has 1 aliphatic heterocycles. The minimum atomic E-state index is 0.200. The third-order valence-electron chi connectivity index (χ3n) is 3.77. The van der Waals surface area contributed by atoms with E-state index in [1.165, 1.54) is 0 Å². The molecular formula is C15H20BrNO2. The molecule has 1 aromatic carbocycles. The van der Waals surface area contributed by atoms with Crippen LogP contribution in [-0.2, 0) is 0 Å². The number of nitrogens with zero attached hydrogens (tertiary/aromatic N) is 1. The molecule has 19 heavy (non-hydrogen) atoms. The first-order chi connectivity index (χ1) is 9.19. The molecule has 1 saturated heterocycles. The number of halogens is 1. The molecule has 0 unspecified atom stereocenters. The van der Waals surface area contributed by atoms with Crippen LogP contribution in [0.25, 0.3) is 0 Å². The molecule has 0 spiro atoms. The summed E-state index contributed by atoms with van der Waals surface area (Å²) in [6.45, 7) is 3.11. The largest absolute Gasteiger partial charge is 0.396 e. The number of likely N-dealkylation sites (tertiary alicyclic amines) is 1. The van der Waals surface area contributed by atoms with Gasteiger partial charge in [0.2, 0.25) is 0 Å². The number of carbonyl (C=O) groups is 1. The highest BCUT2D eigenvalue weighted by atomic mass is 79.9. The van der Waals surface area contributed by atoms with Crippen LogP contribution >= 0.6 is 15.9 Å². The molecule has 2 rings (SSSR count). The first kappa shape index (κ1) is 14.7. The molecule has 0 aliphatic carbocycles. The number of hydrogen-bond acceptors (Lipinski definition) is 3. The normalized spacial score (nSPS) is 17.6. The van der Waals surface area contributed by atoms with Crippen molar-refractivity contribution < 1.29 is 9.90 Å². The van der Waals surface area contributed by atoms with Gasteiger partial charge in [-0.3, -0.25) is 4.79 Å². The van der Waals surface area contributed by atoms with Gasteiger partial charge in [-0.15, -0.1) is 0 Å². The number of ketones is 1. The number of aliphatic hydroxyl groups excluding tert-OH is 1. The average Bonchev–Trinajstić information content (AvgIpc) is 2.45. The summed E-state index contributed by atoms with van der Waals surface area (Å²) in [4.78, 5) is 14.4. The quantitative estimate of drug-likeness (QED) is 0.846. The minimum Gasteiger partial charge on any atom is -0.396 e. The summed E-state index contributed by atoms with van der Waals surface area (Å²) in [5.41, 5.74) is 0.777. The maximum Gasteiger partial charge on any atom is 0.164 e. The van der Waals surface area contributed by atoms with Crippen molar-refractivity contribution in [3.63, 3.8) is 0 Å². The zero-order valence-electron chi connectivity index (χ0n) is 11.0. The summed E-state index contributed by atoms with van der Waals surface area (Å²) in [6, 6.07) is 7.56. The van der Waals surface area contributed by atoms with Crippen LogP contribution in [0.5, 0.6) is 0 Å². The highest BCUT2D eigenvalue weighted by Crippen LogP contribution is 2.17. The second-order valence-corrected chi connectivity index (χ2v) is 6.07. The van der Waals surface area contributed by atoms with Crippen molar-refractivity contribution in [1.82, 2.24) is 4.90 Å². The van der Waals surface area contributed by atoms with Crippen LogP contribution in [-0.4, -0.2) is 42.0 Å². The molecule has 1 aromatic rings. The van der Waals surface area contributed by atoms with Gasteiger partial charge in [-0.05, 0) is 44.0 Å². The second-order valence-electron chi connectivity index (χ2n) is 5.15. The fraction of sp³-hybridized carbons (Fsp3) is 0.533. The van der Waals surface area contributed by atoms with E-state index < -0.39 is 0 Å². The van der Waals surface area contributed by atoms with Crippen molar-refractivity contribution in [2.75, 3.05) is 26.2 Å². The fourth-order valence-corrected chi connectivity index (χ4v) is 2.86. The summed E-state index contributed by atoms with van der Waals surface area (Å²) >= 11 is 3.39. The predicted octanol–water partition coefficient (Wildman–Crippen LogP) is 2.73. The number of benzene rings is 1. The van der Waals surface area contributed by atoms with Crippen LogP contribution in [0, 0.1) is 5.92 Å². The lowest BCUT2D eigenvalue weighted by molar-refractivity contribution is 0.0932. The highest BCUT2D eigenvalue weighted by Gasteiger charge is 2.19. The molecule has 0 atom stereocenters. The minimum absolute atomic E-state index is 0.200. The van der Waals surface area contributed by atoms with E-state index in [0.717, 1.165) is 42.5 Å². The monoisotopic (exact) mass is 325 g/mol. The molecule has 4 heteroatoms. The van der Waals surface area contributed by atoms with Crippen LogP contribution in [0.4, 0.5) is 0 Å². The van der Waals surface area contributed by atoms with E-state index in [0.29, 0.717) is 18.9 Å². The number of carbonyl (C=O) groups excluding carboxylic acids is 1. The van der Waals surface area contributed by atoms with Gasteiger partial charge in [-0.25, -0.2) is 0 Å². The first-order valence-electron chi connectivity index (χ1n) is 6.81. The molecule has 1 aliphatic rings. The zero-order valence-corrected chi connectivity index (χ0v) is 12.6. The van der Waals surface area contributed by atoms with Gasteiger partial charge in [-0.1, -0.05) is 28.1 Å². The Bertz CT molecular complexity index is 428. The number of aliphatic hydroxyl groups is 1. The van der Waals surface area contributed by atoms with Crippen LogP contribution in [0.15, 0.2) is 28.7 Å². The second kappa shape index (κ2) is 7.17. The molecule has 0 amide bonds. The molecule has 0 bridgehead atoms. The Morgan fingerprint density at radius 1 is 1.37 bits per heavy atom. The zero-order chi connectivity index (χ0) is 13.7.